The smallest absolute Gasteiger partial charge is 0.382 e. The van der Waals surface area contributed by atoms with Gasteiger partial charge in [0, 0.05) is 17.8 Å². The number of alkyl halides is 3. The molecule has 7 heteroatoms. The first-order chi connectivity index (χ1) is 9.61. The highest BCUT2D eigenvalue weighted by atomic mass is 19.4. The lowest BCUT2D eigenvalue weighted by atomic mass is 9.87. The van der Waals surface area contributed by atoms with Crippen molar-refractivity contribution in [1.82, 2.24) is 0 Å². The fourth-order valence-electron chi connectivity index (χ4n) is 2.81. The molecule has 0 saturated heterocycles. The second-order valence-corrected chi connectivity index (χ2v) is 6.06. The Morgan fingerprint density at radius 1 is 1.38 bits per heavy atom. The maximum absolute atomic E-state index is 12.9. The number of nitro groups is 1. The largest absolute Gasteiger partial charge is 0.423 e. The summed E-state index contributed by atoms with van der Waals surface area (Å²) in [5.41, 5.74) is -1.86. The maximum atomic E-state index is 12.9. The fourth-order valence-corrected chi connectivity index (χ4v) is 2.81. The number of nitro benzene ring substituents is 1. The number of rotatable bonds is 3. The highest BCUT2D eigenvalue weighted by Crippen LogP contribution is 2.41. The summed E-state index contributed by atoms with van der Waals surface area (Å²) in [6.45, 7) is 4.13. The summed E-state index contributed by atoms with van der Waals surface area (Å²) >= 11 is 0. The quantitative estimate of drug-likeness (QED) is 0.655. The van der Waals surface area contributed by atoms with Crippen LogP contribution in [0, 0.1) is 15.5 Å². The van der Waals surface area contributed by atoms with Gasteiger partial charge in [-0.1, -0.05) is 20.3 Å². The highest BCUT2D eigenvalue weighted by molar-refractivity contribution is 5.55. The van der Waals surface area contributed by atoms with Crippen molar-refractivity contribution in [2.75, 3.05) is 5.32 Å². The van der Waals surface area contributed by atoms with Crippen LogP contribution in [0.1, 0.15) is 38.7 Å². The van der Waals surface area contributed by atoms with Crippen LogP contribution in [0.4, 0.5) is 24.5 Å². The molecule has 0 aliphatic heterocycles. The van der Waals surface area contributed by atoms with Gasteiger partial charge in [0.2, 0.25) is 0 Å². The zero-order valence-electron chi connectivity index (χ0n) is 11.8. The van der Waals surface area contributed by atoms with E-state index >= 15 is 0 Å². The molecule has 0 amide bonds. The zero-order valence-corrected chi connectivity index (χ0v) is 11.8. The van der Waals surface area contributed by atoms with Crippen LogP contribution in [0.15, 0.2) is 18.2 Å². The third-order valence-electron chi connectivity index (χ3n) is 4.10. The topological polar surface area (TPSA) is 55.2 Å². The predicted octanol–water partition coefficient (Wildman–Crippen LogP) is 4.60. The van der Waals surface area contributed by atoms with E-state index in [2.05, 4.69) is 19.2 Å². The second-order valence-electron chi connectivity index (χ2n) is 6.06. The summed E-state index contributed by atoms with van der Waals surface area (Å²) in [5, 5.41) is 13.8. The van der Waals surface area contributed by atoms with Crippen LogP contribution in [-0.4, -0.2) is 11.0 Å². The van der Waals surface area contributed by atoms with E-state index < -0.39 is 22.4 Å². The lowest BCUT2D eigenvalue weighted by Gasteiger charge is -2.29. The van der Waals surface area contributed by atoms with Crippen molar-refractivity contribution in [3.63, 3.8) is 0 Å². The van der Waals surface area contributed by atoms with Crippen LogP contribution in [0.5, 0.6) is 0 Å². The molecule has 116 valence electrons. The van der Waals surface area contributed by atoms with Gasteiger partial charge in [-0.05, 0) is 30.4 Å². The number of hydrogen-bond acceptors (Lipinski definition) is 3. The highest BCUT2D eigenvalue weighted by Gasteiger charge is 2.39. The van der Waals surface area contributed by atoms with Crippen molar-refractivity contribution in [2.24, 2.45) is 5.41 Å². The van der Waals surface area contributed by atoms with Crippen molar-refractivity contribution < 1.29 is 18.1 Å². The first kappa shape index (κ1) is 15.6. The Morgan fingerprint density at radius 3 is 2.52 bits per heavy atom. The molecule has 0 aromatic heterocycles. The minimum atomic E-state index is -4.74. The van der Waals surface area contributed by atoms with Crippen LogP contribution in [0.2, 0.25) is 0 Å². The number of nitrogens with zero attached hydrogens (tertiary/aromatic N) is 1. The van der Waals surface area contributed by atoms with Crippen molar-refractivity contribution in [3.05, 3.63) is 33.9 Å². The van der Waals surface area contributed by atoms with E-state index in [4.69, 9.17) is 0 Å². The number of nitrogens with one attached hydrogen (secondary N) is 1. The Bertz CT molecular complexity index is 556. The van der Waals surface area contributed by atoms with Crippen LogP contribution in [0.25, 0.3) is 0 Å². The Labute approximate surface area is 120 Å². The minimum absolute atomic E-state index is 0.000169. The molecule has 1 atom stereocenters. The third kappa shape index (κ3) is 3.28. The molecular formula is C14H17F3N2O2. The zero-order chi connectivity index (χ0) is 15.8. The molecular weight excluding hydrogens is 285 g/mol. The van der Waals surface area contributed by atoms with E-state index in [-0.39, 0.29) is 17.1 Å². The Hall–Kier alpha value is -1.79. The molecule has 1 saturated carbocycles. The van der Waals surface area contributed by atoms with Crippen molar-refractivity contribution in [1.29, 1.82) is 0 Å². The van der Waals surface area contributed by atoms with Gasteiger partial charge in [-0.15, -0.1) is 0 Å². The van der Waals surface area contributed by atoms with E-state index in [0.29, 0.717) is 0 Å². The predicted molar refractivity (Wildman–Crippen MR) is 73.1 cm³/mol. The summed E-state index contributed by atoms with van der Waals surface area (Å²) in [6.07, 6.45) is -1.84. The van der Waals surface area contributed by atoms with E-state index in [0.717, 1.165) is 31.4 Å². The summed E-state index contributed by atoms with van der Waals surface area (Å²) < 4.78 is 38.8. The molecule has 1 aromatic carbocycles. The van der Waals surface area contributed by atoms with Gasteiger partial charge < -0.3 is 5.32 Å². The lowest BCUT2D eigenvalue weighted by Crippen LogP contribution is -2.30. The van der Waals surface area contributed by atoms with Gasteiger partial charge in [0.05, 0.1) is 4.92 Å². The van der Waals surface area contributed by atoms with Crippen LogP contribution in [0.3, 0.4) is 0 Å². The van der Waals surface area contributed by atoms with E-state index in [9.17, 15) is 23.3 Å². The monoisotopic (exact) mass is 302 g/mol. The van der Waals surface area contributed by atoms with Crippen LogP contribution in [-0.2, 0) is 6.18 Å². The summed E-state index contributed by atoms with van der Waals surface area (Å²) in [5.74, 6) is 0. The first-order valence-corrected chi connectivity index (χ1v) is 6.73. The van der Waals surface area contributed by atoms with Crippen LogP contribution < -0.4 is 5.32 Å². The van der Waals surface area contributed by atoms with Crippen molar-refractivity contribution >= 4 is 11.4 Å². The SMILES string of the molecule is CC1(C)CCCC1Nc1ccc([N+](=O)[O-])c(C(F)(F)F)c1. The molecule has 0 bridgehead atoms. The summed E-state index contributed by atoms with van der Waals surface area (Å²) in [6, 6.07) is 3.14. The molecule has 1 unspecified atom stereocenters. The molecule has 1 N–H and O–H groups in total. The lowest BCUT2D eigenvalue weighted by molar-refractivity contribution is -0.388. The van der Waals surface area contributed by atoms with Gasteiger partial charge >= 0.3 is 6.18 Å². The molecule has 21 heavy (non-hydrogen) atoms. The van der Waals surface area contributed by atoms with E-state index in [1.54, 1.807) is 0 Å². The average Bonchev–Trinajstić information content (AvgIpc) is 2.67. The third-order valence-corrected chi connectivity index (χ3v) is 4.10. The molecule has 0 heterocycles. The molecule has 1 aliphatic carbocycles. The average molecular weight is 302 g/mol. The molecule has 0 radical (unpaired) electrons. The van der Waals surface area contributed by atoms with Gasteiger partial charge in [-0.3, -0.25) is 10.1 Å². The summed E-state index contributed by atoms with van der Waals surface area (Å²) in [4.78, 5) is 9.70. The van der Waals surface area contributed by atoms with E-state index in [1.165, 1.54) is 6.07 Å². The fraction of sp³-hybridized carbons (Fsp3) is 0.571. The Kier molecular flexibility index (Phi) is 3.86. The maximum Gasteiger partial charge on any atom is 0.423 e. The summed E-state index contributed by atoms with van der Waals surface area (Å²) in [7, 11) is 0. The van der Waals surface area contributed by atoms with Crippen LogP contribution >= 0.6 is 0 Å². The van der Waals surface area contributed by atoms with Crippen molar-refractivity contribution in [2.45, 2.75) is 45.3 Å². The van der Waals surface area contributed by atoms with Gasteiger partial charge in [0.1, 0.15) is 5.56 Å². The first-order valence-electron chi connectivity index (χ1n) is 6.73. The van der Waals surface area contributed by atoms with E-state index in [1.807, 2.05) is 0 Å². The molecule has 0 spiro atoms. The molecule has 1 aliphatic rings. The normalized spacial score (nSPS) is 21.3. The molecule has 4 nitrogen and oxygen atoms in total. The Balaban J connectivity index is 2.32. The molecule has 1 fully saturated rings. The van der Waals surface area contributed by atoms with Gasteiger partial charge in [-0.2, -0.15) is 13.2 Å². The molecule has 2 rings (SSSR count). The number of halogens is 3. The van der Waals surface area contributed by atoms with Crippen molar-refractivity contribution in [3.8, 4) is 0 Å². The molecule has 1 aromatic rings. The van der Waals surface area contributed by atoms with Gasteiger partial charge in [0.25, 0.3) is 5.69 Å². The van der Waals surface area contributed by atoms with Gasteiger partial charge in [-0.25, -0.2) is 0 Å². The number of anilines is 1. The number of hydrogen-bond donors (Lipinski definition) is 1. The number of benzene rings is 1. The standard InChI is InChI=1S/C14H17F3N2O2/c1-13(2)7-3-4-12(13)18-9-5-6-11(19(20)21)10(8-9)14(15,16)17/h5-6,8,12,18H,3-4,7H2,1-2H3. The second kappa shape index (κ2) is 5.20. The minimum Gasteiger partial charge on any atom is -0.382 e. The Morgan fingerprint density at radius 2 is 2.05 bits per heavy atom. The van der Waals surface area contributed by atoms with Gasteiger partial charge in [0.15, 0.2) is 0 Å².